The number of carbonyl (C=O) groups is 1. The average molecular weight is 431 g/mol. The number of amidine groups is 1. The number of phenolic OH excluding ortho intramolecular Hbond substituents is 1. The predicted octanol–water partition coefficient (Wildman–Crippen LogP) is 5.70. The van der Waals surface area contributed by atoms with E-state index in [9.17, 15) is 9.90 Å². The van der Waals surface area contributed by atoms with Crippen molar-refractivity contribution >= 4 is 46.2 Å². The van der Waals surface area contributed by atoms with Gasteiger partial charge in [-0.05, 0) is 72.6 Å². The summed E-state index contributed by atoms with van der Waals surface area (Å²) in [6, 6.07) is 12.2. The monoisotopic (exact) mass is 430 g/mol. The van der Waals surface area contributed by atoms with Crippen molar-refractivity contribution in [1.29, 1.82) is 0 Å². The number of thioether (sulfide) groups is 1. The van der Waals surface area contributed by atoms with E-state index >= 15 is 0 Å². The first-order valence-corrected chi connectivity index (χ1v) is 10.6. The molecule has 2 aromatic rings. The zero-order valence-corrected chi connectivity index (χ0v) is 18.1. The number of hydrogen-bond acceptors (Lipinski definition) is 5. The van der Waals surface area contributed by atoms with Crippen LogP contribution < -0.4 is 4.74 Å². The highest BCUT2D eigenvalue weighted by atomic mass is 35.5. The molecule has 0 unspecified atom stereocenters. The molecule has 7 heteroatoms. The Balaban J connectivity index is 1.94. The van der Waals surface area contributed by atoms with Gasteiger partial charge in [-0.15, -0.1) is 0 Å². The standard InChI is InChI=1S/C22H23ClN2O3S/c1-4-28-19-11-15(5-10-18(19)26)12-20-21(27)25(13-14(2)3)22(29-20)24-17-8-6-16(23)7-9-17/h5-12,14,26H,4,13H2,1-3H3/b20-12-,24-22?. The van der Waals surface area contributed by atoms with Gasteiger partial charge in [0.1, 0.15) is 0 Å². The van der Waals surface area contributed by atoms with Crippen molar-refractivity contribution in [3.63, 3.8) is 0 Å². The second-order valence-electron chi connectivity index (χ2n) is 6.95. The summed E-state index contributed by atoms with van der Waals surface area (Å²) in [5, 5.41) is 11.2. The lowest BCUT2D eigenvalue weighted by molar-refractivity contribution is -0.122. The third-order valence-electron chi connectivity index (χ3n) is 4.07. The molecule has 152 valence electrons. The SMILES string of the molecule is CCOc1cc(/C=C2\SC(=Nc3ccc(Cl)cc3)N(CC(C)C)C2=O)ccc1O. The number of amides is 1. The maximum absolute atomic E-state index is 13.0. The van der Waals surface area contributed by atoms with Gasteiger partial charge in [-0.2, -0.15) is 0 Å². The molecular formula is C22H23ClN2O3S. The van der Waals surface area contributed by atoms with Gasteiger partial charge < -0.3 is 9.84 Å². The van der Waals surface area contributed by atoms with Gasteiger partial charge in [0.05, 0.1) is 17.2 Å². The zero-order valence-electron chi connectivity index (χ0n) is 16.6. The van der Waals surface area contributed by atoms with Crippen molar-refractivity contribution in [2.24, 2.45) is 10.9 Å². The Kier molecular flexibility index (Phi) is 6.87. The van der Waals surface area contributed by atoms with Gasteiger partial charge >= 0.3 is 0 Å². The van der Waals surface area contributed by atoms with Crippen LogP contribution in [0.5, 0.6) is 11.5 Å². The summed E-state index contributed by atoms with van der Waals surface area (Å²) in [6.07, 6.45) is 1.80. The van der Waals surface area contributed by atoms with E-state index in [4.69, 9.17) is 16.3 Å². The third-order valence-corrected chi connectivity index (χ3v) is 5.33. The molecule has 2 aromatic carbocycles. The Morgan fingerprint density at radius 1 is 1.24 bits per heavy atom. The van der Waals surface area contributed by atoms with Crippen LogP contribution in [-0.2, 0) is 4.79 Å². The van der Waals surface area contributed by atoms with Gasteiger partial charge in [0.25, 0.3) is 5.91 Å². The molecule has 1 aliphatic heterocycles. The number of halogens is 1. The molecule has 1 saturated heterocycles. The number of aliphatic imine (C=N–C) groups is 1. The van der Waals surface area contributed by atoms with Crippen LogP contribution in [0, 0.1) is 5.92 Å². The smallest absolute Gasteiger partial charge is 0.266 e. The molecule has 5 nitrogen and oxygen atoms in total. The molecule has 3 rings (SSSR count). The zero-order chi connectivity index (χ0) is 21.0. The van der Waals surface area contributed by atoms with Crippen molar-refractivity contribution < 1.29 is 14.6 Å². The van der Waals surface area contributed by atoms with E-state index in [1.165, 1.54) is 11.8 Å². The third kappa shape index (κ3) is 5.34. The number of ether oxygens (including phenoxy) is 1. The Bertz CT molecular complexity index is 955. The Morgan fingerprint density at radius 3 is 2.62 bits per heavy atom. The van der Waals surface area contributed by atoms with Gasteiger partial charge in [0.2, 0.25) is 0 Å². The van der Waals surface area contributed by atoms with E-state index < -0.39 is 0 Å². The quantitative estimate of drug-likeness (QED) is 0.596. The number of phenols is 1. The van der Waals surface area contributed by atoms with E-state index in [0.717, 1.165) is 11.3 Å². The van der Waals surface area contributed by atoms with Crippen molar-refractivity contribution in [3.05, 3.63) is 58.0 Å². The summed E-state index contributed by atoms with van der Waals surface area (Å²) >= 11 is 7.29. The number of rotatable bonds is 6. The Morgan fingerprint density at radius 2 is 1.97 bits per heavy atom. The number of benzene rings is 2. The first-order chi connectivity index (χ1) is 13.9. The van der Waals surface area contributed by atoms with E-state index in [1.54, 1.807) is 41.3 Å². The molecule has 0 saturated carbocycles. The highest BCUT2D eigenvalue weighted by Gasteiger charge is 2.33. The Labute approximate surface area is 180 Å². The van der Waals surface area contributed by atoms with Crippen molar-refractivity contribution in [1.82, 2.24) is 4.90 Å². The summed E-state index contributed by atoms with van der Waals surface area (Å²) in [7, 11) is 0. The molecule has 0 spiro atoms. The van der Waals surface area contributed by atoms with E-state index in [-0.39, 0.29) is 11.7 Å². The molecule has 1 fully saturated rings. The van der Waals surface area contributed by atoms with Crippen molar-refractivity contribution in [2.75, 3.05) is 13.2 Å². The van der Waals surface area contributed by atoms with Crippen LogP contribution >= 0.6 is 23.4 Å². The topological polar surface area (TPSA) is 62.1 Å². The summed E-state index contributed by atoms with van der Waals surface area (Å²) in [6.45, 7) is 7.00. The lowest BCUT2D eigenvalue weighted by Gasteiger charge is -2.17. The largest absolute Gasteiger partial charge is 0.504 e. The molecule has 1 N–H and O–H groups in total. The normalized spacial score (nSPS) is 17.0. The fourth-order valence-corrected chi connectivity index (χ4v) is 3.92. The first-order valence-electron chi connectivity index (χ1n) is 9.39. The second kappa shape index (κ2) is 9.37. The maximum Gasteiger partial charge on any atom is 0.266 e. The summed E-state index contributed by atoms with van der Waals surface area (Å²) in [5.74, 6) is 0.687. The molecule has 1 heterocycles. The minimum absolute atomic E-state index is 0.0748. The van der Waals surface area contributed by atoms with Crippen LogP contribution in [0.15, 0.2) is 52.4 Å². The Hall–Kier alpha value is -2.44. The lowest BCUT2D eigenvalue weighted by Crippen LogP contribution is -2.32. The minimum atomic E-state index is -0.0811. The number of hydrogen-bond donors (Lipinski definition) is 1. The number of aromatic hydroxyl groups is 1. The summed E-state index contributed by atoms with van der Waals surface area (Å²) in [4.78, 5) is 20.0. The van der Waals surface area contributed by atoms with E-state index in [0.29, 0.717) is 39.9 Å². The molecule has 29 heavy (non-hydrogen) atoms. The molecule has 0 aromatic heterocycles. The molecule has 0 aliphatic carbocycles. The van der Waals surface area contributed by atoms with Crippen LogP contribution in [0.25, 0.3) is 6.08 Å². The lowest BCUT2D eigenvalue weighted by atomic mass is 10.1. The predicted molar refractivity (Wildman–Crippen MR) is 120 cm³/mol. The molecule has 0 radical (unpaired) electrons. The molecular weight excluding hydrogens is 408 g/mol. The number of carbonyl (C=O) groups excluding carboxylic acids is 1. The van der Waals surface area contributed by atoms with Gasteiger partial charge in [-0.3, -0.25) is 9.69 Å². The number of nitrogens with zero attached hydrogens (tertiary/aromatic N) is 2. The fraction of sp³-hybridized carbons (Fsp3) is 0.273. The molecule has 0 bridgehead atoms. The van der Waals surface area contributed by atoms with Gasteiger partial charge in [-0.1, -0.05) is 31.5 Å². The first kappa shape index (κ1) is 21.3. The van der Waals surface area contributed by atoms with Crippen molar-refractivity contribution in [2.45, 2.75) is 20.8 Å². The van der Waals surface area contributed by atoms with Crippen LogP contribution in [-0.4, -0.2) is 34.2 Å². The van der Waals surface area contributed by atoms with Crippen LogP contribution in [0.3, 0.4) is 0 Å². The minimum Gasteiger partial charge on any atom is -0.504 e. The van der Waals surface area contributed by atoms with Crippen LogP contribution in [0.4, 0.5) is 5.69 Å². The highest BCUT2D eigenvalue weighted by Crippen LogP contribution is 2.36. The van der Waals surface area contributed by atoms with Crippen molar-refractivity contribution in [3.8, 4) is 11.5 Å². The molecule has 1 aliphatic rings. The average Bonchev–Trinajstić information content (AvgIpc) is 2.95. The summed E-state index contributed by atoms with van der Waals surface area (Å²) < 4.78 is 5.44. The fourth-order valence-electron chi connectivity index (χ4n) is 2.79. The van der Waals surface area contributed by atoms with E-state index in [2.05, 4.69) is 18.8 Å². The van der Waals surface area contributed by atoms with Gasteiger partial charge in [0.15, 0.2) is 16.7 Å². The van der Waals surface area contributed by atoms with Gasteiger partial charge in [-0.25, -0.2) is 4.99 Å². The highest BCUT2D eigenvalue weighted by molar-refractivity contribution is 8.18. The van der Waals surface area contributed by atoms with Crippen LogP contribution in [0.1, 0.15) is 26.3 Å². The van der Waals surface area contributed by atoms with E-state index in [1.807, 2.05) is 19.1 Å². The summed E-state index contributed by atoms with van der Waals surface area (Å²) in [5.41, 5.74) is 1.52. The molecule has 1 amide bonds. The van der Waals surface area contributed by atoms with Gasteiger partial charge in [0, 0.05) is 11.6 Å². The maximum atomic E-state index is 13.0. The van der Waals surface area contributed by atoms with Crippen LogP contribution in [0.2, 0.25) is 5.02 Å². The second-order valence-corrected chi connectivity index (χ2v) is 8.40. The molecule has 0 atom stereocenters.